The van der Waals surface area contributed by atoms with Crippen molar-refractivity contribution < 1.29 is 35.8 Å². The Morgan fingerprint density at radius 3 is 1.70 bits per heavy atom. The second-order valence-electron chi connectivity index (χ2n) is 4.02. The highest BCUT2D eigenvalue weighted by molar-refractivity contribution is 5.45. The van der Waals surface area contributed by atoms with Crippen LogP contribution in [0, 0.1) is 0 Å². The first-order valence-electron chi connectivity index (χ1n) is 5.32. The summed E-state index contributed by atoms with van der Waals surface area (Å²) >= 11 is 0. The molecule has 9 heteroatoms. The topological polar surface area (TPSA) is 32.3 Å². The standard InChI is InChI=1S/C11H10F7NO/c12-9(10(13,14)15,11(16,17)18)5-6-19-7-1-3-8(20)4-2-7/h1-4,19-20H,5-6H2. The number of halogens is 7. The van der Waals surface area contributed by atoms with E-state index in [0.29, 0.717) is 0 Å². The van der Waals surface area contributed by atoms with Gasteiger partial charge in [0.15, 0.2) is 0 Å². The Labute approximate surface area is 109 Å². The monoisotopic (exact) mass is 305 g/mol. The predicted octanol–water partition coefficient (Wildman–Crippen LogP) is 4.03. The maximum Gasteiger partial charge on any atom is 0.431 e. The van der Waals surface area contributed by atoms with Gasteiger partial charge >= 0.3 is 18.0 Å². The van der Waals surface area contributed by atoms with Gasteiger partial charge in [-0.2, -0.15) is 26.3 Å². The van der Waals surface area contributed by atoms with E-state index in [1.807, 2.05) is 0 Å². The van der Waals surface area contributed by atoms with E-state index in [9.17, 15) is 30.7 Å². The number of anilines is 1. The minimum Gasteiger partial charge on any atom is -0.508 e. The molecular weight excluding hydrogens is 295 g/mol. The van der Waals surface area contributed by atoms with E-state index in [1.165, 1.54) is 24.3 Å². The third-order valence-electron chi connectivity index (χ3n) is 2.56. The SMILES string of the molecule is Oc1ccc(NCCC(F)(C(F)(F)F)C(F)(F)F)cc1. The molecule has 0 aliphatic rings. The number of phenolic OH excluding ortho intramolecular Hbond substituents is 1. The maximum absolute atomic E-state index is 13.2. The molecule has 0 aliphatic carbocycles. The largest absolute Gasteiger partial charge is 0.508 e. The molecule has 0 radical (unpaired) electrons. The van der Waals surface area contributed by atoms with Crippen molar-refractivity contribution in [1.82, 2.24) is 0 Å². The van der Waals surface area contributed by atoms with Crippen LogP contribution < -0.4 is 5.32 Å². The van der Waals surface area contributed by atoms with E-state index in [2.05, 4.69) is 5.32 Å². The number of benzene rings is 1. The predicted molar refractivity (Wildman–Crippen MR) is 57.2 cm³/mol. The fourth-order valence-electron chi connectivity index (χ4n) is 1.40. The van der Waals surface area contributed by atoms with E-state index >= 15 is 0 Å². The molecule has 0 unspecified atom stereocenters. The van der Waals surface area contributed by atoms with Gasteiger partial charge in [0.1, 0.15) is 5.75 Å². The molecule has 1 aromatic rings. The van der Waals surface area contributed by atoms with Crippen LogP contribution in [0.5, 0.6) is 5.75 Å². The van der Waals surface area contributed by atoms with Gasteiger partial charge < -0.3 is 10.4 Å². The van der Waals surface area contributed by atoms with Gasteiger partial charge in [-0.15, -0.1) is 0 Å². The molecule has 0 saturated carbocycles. The van der Waals surface area contributed by atoms with Crippen LogP contribution in [0.4, 0.5) is 36.4 Å². The molecule has 0 aliphatic heterocycles. The first-order chi connectivity index (χ1) is 8.97. The van der Waals surface area contributed by atoms with Crippen molar-refractivity contribution in [2.24, 2.45) is 0 Å². The summed E-state index contributed by atoms with van der Waals surface area (Å²) in [6.45, 7) is -0.875. The van der Waals surface area contributed by atoms with E-state index in [4.69, 9.17) is 5.11 Å². The number of hydrogen-bond acceptors (Lipinski definition) is 2. The van der Waals surface area contributed by atoms with Crippen molar-refractivity contribution in [2.75, 3.05) is 11.9 Å². The number of phenols is 1. The lowest BCUT2D eigenvalue weighted by Crippen LogP contribution is -2.54. The van der Waals surface area contributed by atoms with E-state index in [0.717, 1.165) is 0 Å². The van der Waals surface area contributed by atoms with E-state index in [-0.39, 0.29) is 11.4 Å². The third kappa shape index (κ3) is 3.45. The highest BCUT2D eigenvalue weighted by Gasteiger charge is 2.71. The van der Waals surface area contributed by atoms with Gasteiger partial charge in [0.25, 0.3) is 0 Å². The molecule has 0 heterocycles. The van der Waals surface area contributed by atoms with Crippen LogP contribution in [0.15, 0.2) is 24.3 Å². The van der Waals surface area contributed by atoms with Gasteiger partial charge in [-0.1, -0.05) is 0 Å². The molecule has 1 aromatic carbocycles. The van der Waals surface area contributed by atoms with Gasteiger partial charge in [0, 0.05) is 18.7 Å². The Hall–Kier alpha value is -1.67. The third-order valence-corrected chi connectivity index (χ3v) is 2.56. The fraction of sp³-hybridized carbons (Fsp3) is 0.455. The first-order valence-corrected chi connectivity index (χ1v) is 5.32. The van der Waals surface area contributed by atoms with Crippen LogP contribution in [0.3, 0.4) is 0 Å². The van der Waals surface area contributed by atoms with Gasteiger partial charge in [-0.05, 0) is 24.3 Å². The Kier molecular flexibility index (Phi) is 4.40. The number of alkyl halides is 7. The Balaban J connectivity index is 2.72. The molecule has 0 spiro atoms. The van der Waals surface area contributed by atoms with Crippen molar-refractivity contribution in [3.63, 3.8) is 0 Å². The molecule has 0 saturated heterocycles. The summed E-state index contributed by atoms with van der Waals surface area (Å²) in [5, 5.41) is 11.2. The van der Waals surface area contributed by atoms with E-state index in [1.54, 1.807) is 0 Å². The Morgan fingerprint density at radius 1 is 0.850 bits per heavy atom. The van der Waals surface area contributed by atoms with Gasteiger partial charge in [0.05, 0.1) is 0 Å². The minimum atomic E-state index is -6.04. The maximum atomic E-state index is 13.2. The fourth-order valence-corrected chi connectivity index (χ4v) is 1.40. The normalized spacial score (nSPS) is 13.3. The Bertz CT molecular complexity index is 424. The van der Waals surface area contributed by atoms with Crippen LogP contribution in [-0.4, -0.2) is 29.7 Å². The molecule has 2 N–H and O–H groups in total. The molecule has 0 bridgehead atoms. The lowest BCUT2D eigenvalue weighted by atomic mass is 10.0. The molecule has 0 atom stereocenters. The number of aromatic hydroxyl groups is 1. The lowest BCUT2D eigenvalue weighted by molar-refractivity contribution is -0.342. The zero-order valence-corrected chi connectivity index (χ0v) is 9.82. The van der Waals surface area contributed by atoms with Gasteiger partial charge in [-0.3, -0.25) is 0 Å². The van der Waals surface area contributed by atoms with Gasteiger partial charge in [0.2, 0.25) is 0 Å². The number of nitrogens with one attached hydrogen (secondary N) is 1. The van der Waals surface area contributed by atoms with E-state index < -0.39 is 31.0 Å². The molecule has 0 amide bonds. The smallest absolute Gasteiger partial charge is 0.431 e. The molecule has 20 heavy (non-hydrogen) atoms. The highest BCUT2D eigenvalue weighted by Crippen LogP contribution is 2.48. The summed E-state index contributed by atoms with van der Waals surface area (Å²) in [5.74, 6) is -0.124. The summed E-state index contributed by atoms with van der Waals surface area (Å²) in [5.41, 5.74) is -5.10. The summed E-state index contributed by atoms with van der Waals surface area (Å²) in [7, 11) is 0. The molecule has 0 aromatic heterocycles. The van der Waals surface area contributed by atoms with Crippen LogP contribution in [0.1, 0.15) is 6.42 Å². The zero-order valence-electron chi connectivity index (χ0n) is 9.82. The quantitative estimate of drug-likeness (QED) is 0.650. The van der Waals surface area contributed by atoms with Crippen molar-refractivity contribution in [2.45, 2.75) is 24.4 Å². The summed E-state index contributed by atoms with van der Waals surface area (Å²) in [6.07, 6.45) is -13.9. The van der Waals surface area contributed by atoms with Crippen LogP contribution >= 0.6 is 0 Å². The van der Waals surface area contributed by atoms with Crippen molar-refractivity contribution >= 4 is 5.69 Å². The summed E-state index contributed by atoms with van der Waals surface area (Å²) in [4.78, 5) is 0. The summed E-state index contributed by atoms with van der Waals surface area (Å²) in [6, 6.07) is 4.82. The summed E-state index contributed by atoms with van der Waals surface area (Å²) < 4.78 is 86.6. The van der Waals surface area contributed by atoms with Crippen LogP contribution in [0.25, 0.3) is 0 Å². The van der Waals surface area contributed by atoms with Crippen molar-refractivity contribution in [3.05, 3.63) is 24.3 Å². The second-order valence-corrected chi connectivity index (χ2v) is 4.02. The van der Waals surface area contributed by atoms with Crippen molar-refractivity contribution in [3.8, 4) is 5.75 Å². The average Bonchev–Trinajstić information content (AvgIpc) is 2.28. The van der Waals surface area contributed by atoms with Crippen molar-refractivity contribution in [1.29, 1.82) is 0 Å². The number of rotatable bonds is 4. The minimum absolute atomic E-state index is 0.124. The van der Waals surface area contributed by atoms with Crippen LogP contribution in [-0.2, 0) is 0 Å². The Morgan fingerprint density at radius 2 is 1.30 bits per heavy atom. The number of hydrogen-bond donors (Lipinski definition) is 2. The molecule has 1 rings (SSSR count). The zero-order chi connectivity index (χ0) is 15.6. The average molecular weight is 305 g/mol. The molecule has 2 nitrogen and oxygen atoms in total. The molecular formula is C11H10F7NO. The first kappa shape index (κ1) is 16.4. The lowest BCUT2D eigenvalue weighted by Gasteiger charge is -2.30. The van der Waals surface area contributed by atoms with Gasteiger partial charge in [-0.25, -0.2) is 4.39 Å². The molecule has 114 valence electrons. The second kappa shape index (κ2) is 5.37. The van der Waals surface area contributed by atoms with Crippen LogP contribution in [0.2, 0.25) is 0 Å². The highest BCUT2D eigenvalue weighted by atomic mass is 19.4. The molecule has 0 fully saturated rings.